The maximum Gasteiger partial charge on any atom is 0.353 e. The predicted molar refractivity (Wildman–Crippen MR) is 26.6 cm³/mol. The van der Waals surface area contributed by atoms with Gasteiger partial charge in [-0.25, -0.2) is 0 Å². The molecule has 0 amide bonds. The van der Waals surface area contributed by atoms with Gasteiger partial charge in [0.2, 0.25) is 0 Å². The van der Waals surface area contributed by atoms with Gasteiger partial charge in [-0.3, -0.25) is 0 Å². The lowest BCUT2D eigenvalue weighted by molar-refractivity contribution is -0.202. The minimum atomic E-state index is -3.52. The van der Waals surface area contributed by atoms with Gasteiger partial charge >= 0.3 is 6.11 Å². The Bertz CT molecular complexity index is 75.0. The fourth-order valence-electron chi connectivity index (χ4n) is 0.276. The van der Waals surface area contributed by atoms with Crippen LogP contribution in [0, 0.1) is 0 Å². The van der Waals surface area contributed by atoms with Gasteiger partial charge in [0.05, 0.1) is 0 Å². The van der Waals surface area contributed by atoms with E-state index in [9.17, 15) is 8.78 Å². The van der Waals surface area contributed by atoms with Gasteiger partial charge in [-0.15, -0.1) is 6.58 Å². The summed E-state index contributed by atoms with van der Waals surface area (Å²) in [6, 6.07) is 0. The van der Waals surface area contributed by atoms with E-state index in [0.717, 1.165) is 0 Å². The summed E-state index contributed by atoms with van der Waals surface area (Å²) in [5.41, 5.74) is 0. The number of rotatable bonds is 3. The van der Waals surface area contributed by atoms with Gasteiger partial charge in [0.15, 0.2) is 0 Å². The molecule has 0 aromatic rings. The van der Waals surface area contributed by atoms with Gasteiger partial charge in [0, 0.05) is 6.42 Å². The molecule has 0 bridgehead atoms. The highest BCUT2D eigenvalue weighted by Gasteiger charge is 2.21. The SMILES string of the molecule is C=CCCC(O)(F)F. The first-order valence-corrected chi connectivity index (χ1v) is 2.27. The molecule has 0 rings (SSSR count). The molecule has 0 spiro atoms. The van der Waals surface area contributed by atoms with Crippen LogP contribution in [0.15, 0.2) is 12.7 Å². The minimum absolute atomic E-state index is 0.142. The molecule has 0 atom stereocenters. The Labute approximate surface area is 46.6 Å². The number of alkyl halides is 2. The molecular weight excluding hydrogens is 114 g/mol. The predicted octanol–water partition coefficient (Wildman–Crippen LogP) is 1.54. The zero-order chi connectivity index (χ0) is 6.62. The molecule has 0 aliphatic carbocycles. The minimum Gasteiger partial charge on any atom is -0.336 e. The third kappa shape index (κ3) is 5.56. The molecule has 0 aliphatic rings. The first-order chi connectivity index (χ1) is 3.56. The van der Waals surface area contributed by atoms with Gasteiger partial charge in [0.25, 0.3) is 0 Å². The molecule has 0 aliphatic heterocycles. The van der Waals surface area contributed by atoms with E-state index in [1.54, 1.807) is 0 Å². The first kappa shape index (κ1) is 7.56. The lowest BCUT2D eigenvalue weighted by atomic mass is 10.3. The molecule has 8 heavy (non-hydrogen) atoms. The standard InChI is InChI=1S/C5H8F2O/c1-2-3-4-5(6,7)8/h2,8H,1,3-4H2. The number of hydrogen-bond acceptors (Lipinski definition) is 1. The average molecular weight is 122 g/mol. The lowest BCUT2D eigenvalue weighted by Gasteiger charge is -2.04. The molecule has 0 fully saturated rings. The van der Waals surface area contributed by atoms with Crippen LogP contribution >= 0.6 is 0 Å². The highest BCUT2D eigenvalue weighted by atomic mass is 19.3. The second-order valence-electron chi connectivity index (χ2n) is 1.49. The van der Waals surface area contributed by atoms with Crippen LogP contribution in [-0.2, 0) is 0 Å². The Morgan fingerprint density at radius 1 is 1.62 bits per heavy atom. The quantitative estimate of drug-likeness (QED) is 0.563. The maximum absolute atomic E-state index is 11.4. The van der Waals surface area contributed by atoms with E-state index >= 15 is 0 Å². The molecule has 1 nitrogen and oxygen atoms in total. The lowest BCUT2D eigenvalue weighted by Crippen LogP contribution is -2.12. The van der Waals surface area contributed by atoms with Crippen molar-refractivity contribution in [3.63, 3.8) is 0 Å². The Hall–Kier alpha value is -0.440. The van der Waals surface area contributed by atoms with Crippen molar-refractivity contribution in [2.75, 3.05) is 0 Å². The van der Waals surface area contributed by atoms with Crippen LogP contribution in [0.4, 0.5) is 8.78 Å². The van der Waals surface area contributed by atoms with E-state index in [0.29, 0.717) is 0 Å². The summed E-state index contributed by atoms with van der Waals surface area (Å²) < 4.78 is 22.8. The molecular formula is C5H8F2O. The van der Waals surface area contributed by atoms with Crippen molar-refractivity contribution in [2.24, 2.45) is 0 Å². The summed E-state index contributed by atoms with van der Waals surface area (Å²) in [5, 5.41) is 7.77. The Balaban J connectivity index is 3.24. The average Bonchev–Trinajstić information content (AvgIpc) is 1.59. The topological polar surface area (TPSA) is 20.2 Å². The van der Waals surface area contributed by atoms with Crippen LogP contribution < -0.4 is 0 Å². The summed E-state index contributed by atoms with van der Waals surface area (Å²) in [6.45, 7) is 3.22. The van der Waals surface area contributed by atoms with Crippen LogP contribution in [0.1, 0.15) is 12.8 Å². The Morgan fingerprint density at radius 2 is 2.12 bits per heavy atom. The van der Waals surface area contributed by atoms with E-state index in [2.05, 4.69) is 6.58 Å². The van der Waals surface area contributed by atoms with Crippen LogP contribution in [0.2, 0.25) is 0 Å². The molecule has 0 aromatic carbocycles. The second kappa shape index (κ2) is 2.77. The summed E-state index contributed by atoms with van der Waals surface area (Å²) in [6.07, 6.45) is -2.57. The van der Waals surface area contributed by atoms with Crippen molar-refractivity contribution in [2.45, 2.75) is 19.0 Å². The third-order valence-electron chi connectivity index (χ3n) is 0.649. The van der Waals surface area contributed by atoms with E-state index in [4.69, 9.17) is 5.11 Å². The van der Waals surface area contributed by atoms with Crippen molar-refractivity contribution in [3.05, 3.63) is 12.7 Å². The maximum atomic E-state index is 11.4. The largest absolute Gasteiger partial charge is 0.353 e. The Morgan fingerprint density at radius 3 is 2.25 bits per heavy atom. The van der Waals surface area contributed by atoms with Crippen LogP contribution in [0.5, 0.6) is 0 Å². The molecule has 0 aromatic heterocycles. The summed E-state index contributed by atoms with van der Waals surface area (Å²) in [4.78, 5) is 0. The van der Waals surface area contributed by atoms with Crippen LogP contribution in [0.25, 0.3) is 0 Å². The van der Waals surface area contributed by atoms with E-state index in [1.165, 1.54) is 6.08 Å². The van der Waals surface area contributed by atoms with Gasteiger partial charge < -0.3 is 5.11 Å². The summed E-state index contributed by atoms with van der Waals surface area (Å²) in [5.74, 6) is 0. The molecule has 0 heterocycles. The van der Waals surface area contributed by atoms with E-state index < -0.39 is 12.5 Å². The molecule has 0 radical (unpaired) electrons. The monoisotopic (exact) mass is 122 g/mol. The summed E-state index contributed by atoms with van der Waals surface area (Å²) >= 11 is 0. The van der Waals surface area contributed by atoms with Crippen molar-refractivity contribution in [1.82, 2.24) is 0 Å². The van der Waals surface area contributed by atoms with E-state index in [1.807, 2.05) is 0 Å². The van der Waals surface area contributed by atoms with Crippen molar-refractivity contribution in [1.29, 1.82) is 0 Å². The number of hydrogen-bond donors (Lipinski definition) is 1. The smallest absolute Gasteiger partial charge is 0.336 e. The zero-order valence-corrected chi connectivity index (χ0v) is 4.40. The first-order valence-electron chi connectivity index (χ1n) is 2.27. The van der Waals surface area contributed by atoms with E-state index in [-0.39, 0.29) is 6.42 Å². The highest BCUT2D eigenvalue weighted by molar-refractivity contribution is 4.67. The summed E-state index contributed by atoms with van der Waals surface area (Å²) in [7, 11) is 0. The van der Waals surface area contributed by atoms with Gasteiger partial charge in [-0.1, -0.05) is 6.08 Å². The van der Waals surface area contributed by atoms with Crippen LogP contribution in [0.3, 0.4) is 0 Å². The third-order valence-corrected chi connectivity index (χ3v) is 0.649. The fourth-order valence-corrected chi connectivity index (χ4v) is 0.276. The zero-order valence-electron chi connectivity index (χ0n) is 4.40. The number of halogens is 2. The molecule has 1 N–H and O–H groups in total. The Kier molecular flexibility index (Phi) is 2.62. The van der Waals surface area contributed by atoms with Crippen molar-refractivity contribution < 1.29 is 13.9 Å². The van der Waals surface area contributed by atoms with Crippen LogP contribution in [-0.4, -0.2) is 11.2 Å². The number of aliphatic hydroxyl groups is 1. The normalized spacial score (nSPS) is 11.4. The fraction of sp³-hybridized carbons (Fsp3) is 0.600. The highest BCUT2D eigenvalue weighted by Crippen LogP contribution is 2.14. The molecule has 0 saturated carbocycles. The van der Waals surface area contributed by atoms with Gasteiger partial charge in [0.1, 0.15) is 0 Å². The van der Waals surface area contributed by atoms with Gasteiger partial charge in [-0.05, 0) is 6.42 Å². The van der Waals surface area contributed by atoms with Crippen molar-refractivity contribution in [3.8, 4) is 0 Å². The van der Waals surface area contributed by atoms with Gasteiger partial charge in [-0.2, -0.15) is 8.78 Å². The molecule has 0 saturated heterocycles. The molecule has 48 valence electrons. The van der Waals surface area contributed by atoms with Crippen molar-refractivity contribution >= 4 is 0 Å². The number of allylic oxidation sites excluding steroid dienone is 1. The molecule has 3 heteroatoms. The molecule has 0 unspecified atom stereocenters. The second-order valence-corrected chi connectivity index (χ2v) is 1.49.